The Morgan fingerprint density at radius 1 is 0.667 bits per heavy atom. The molecule has 3 heterocycles. The molecule has 0 radical (unpaired) electrons. The van der Waals surface area contributed by atoms with Crippen molar-refractivity contribution in [1.29, 1.82) is 0 Å². The van der Waals surface area contributed by atoms with Gasteiger partial charge >= 0.3 is 5.97 Å². The Hall–Kier alpha value is -1.13. The fourth-order valence-electron chi connectivity index (χ4n) is 5.47. The van der Waals surface area contributed by atoms with Crippen LogP contribution >= 0.6 is 0 Å². The summed E-state index contributed by atoms with van der Waals surface area (Å²) in [4.78, 5) is 12.2. The van der Waals surface area contributed by atoms with E-state index in [-0.39, 0.29) is 6.42 Å². The third-order valence-electron chi connectivity index (χ3n) is 8.38. The maximum atomic E-state index is 12.2. The number of esters is 1. The zero-order valence-corrected chi connectivity index (χ0v) is 25.3. The maximum absolute atomic E-state index is 12.2. The predicted molar refractivity (Wildman–Crippen MR) is 148 cm³/mol. The molecule has 0 spiro atoms. The Morgan fingerprint density at radius 3 is 1.80 bits per heavy atom. The minimum Gasteiger partial charge on any atom is -0.463 e. The molecule has 0 aromatic heterocycles. The number of carbonyl (C=O) groups excluding carboxylic acids is 1. The second kappa shape index (κ2) is 17.9. The molecule has 0 aromatic rings. The van der Waals surface area contributed by atoms with Gasteiger partial charge in [-0.25, -0.2) is 0 Å². The first-order valence-electron chi connectivity index (χ1n) is 15.5. The number of rotatable bonds is 17. The Bertz CT molecular complexity index is 882. The van der Waals surface area contributed by atoms with Gasteiger partial charge in [-0.15, -0.1) is 0 Å². The molecule has 0 amide bonds. The van der Waals surface area contributed by atoms with Crippen molar-refractivity contribution in [3.8, 4) is 0 Å². The topological polar surface area (TPSA) is 275 Å². The molecule has 17 nitrogen and oxygen atoms in total. The summed E-state index contributed by atoms with van der Waals surface area (Å²) in [6.45, 7) is -0.791. The van der Waals surface area contributed by atoms with Gasteiger partial charge < -0.3 is 79.5 Å². The molecule has 0 saturated carbocycles. The van der Waals surface area contributed by atoms with E-state index in [0.29, 0.717) is 6.42 Å². The van der Waals surface area contributed by atoms with Gasteiger partial charge in [0.25, 0.3) is 0 Å². The quantitative estimate of drug-likeness (QED) is 0.0528. The molecule has 0 aromatic carbocycles. The van der Waals surface area contributed by atoms with Gasteiger partial charge in [0.2, 0.25) is 5.79 Å². The summed E-state index contributed by atoms with van der Waals surface area (Å²) in [5, 5.41) is 102. The van der Waals surface area contributed by atoms with Crippen LogP contribution in [-0.2, 0) is 33.2 Å². The fraction of sp³-hybridized carbons (Fsp3) is 0.964. The highest BCUT2D eigenvalue weighted by Crippen LogP contribution is 2.36. The van der Waals surface area contributed by atoms with Crippen molar-refractivity contribution in [1.82, 2.24) is 0 Å². The van der Waals surface area contributed by atoms with Gasteiger partial charge in [-0.05, 0) is 6.42 Å². The first-order chi connectivity index (χ1) is 21.4. The molecule has 3 saturated heterocycles. The number of hydrogen-bond donors (Lipinski definition) is 10. The highest BCUT2D eigenvalue weighted by molar-refractivity contribution is 5.69. The Morgan fingerprint density at radius 2 is 1.22 bits per heavy atom. The van der Waals surface area contributed by atoms with E-state index in [9.17, 15) is 55.9 Å². The number of unbranched alkanes of at least 4 members (excludes halogenated alkanes) is 6. The van der Waals surface area contributed by atoms with Crippen LogP contribution in [-0.4, -0.2) is 169 Å². The number of carbonyl (C=O) groups is 1. The number of aliphatic hydroxyl groups excluding tert-OH is 10. The van der Waals surface area contributed by atoms with Gasteiger partial charge in [-0.2, -0.15) is 0 Å². The Labute approximate surface area is 260 Å². The zero-order chi connectivity index (χ0) is 33.3. The van der Waals surface area contributed by atoms with Crippen molar-refractivity contribution in [3.05, 3.63) is 0 Å². The fourth-order valence-corrected chi connectivity index (χ4v) is 5.47. The third kappa shape index (κ3) is 9.49. The van der Waals surface area contributed by atoms with Gasteiger partial charge in [0.1, 0.15) is 80.4 Å². The summed E-state index contributed by atoms with van der Waals surface area (Å²) >= 11 is 0. The second-order valence-electron chi connectivity index (χ2n) is 11.8. The van der Waals surface area contributed by atoms with Gasteiger partial charge in [0.05, 0.1) is 13.2 Å². The van der Waals surface area contributed by atoms with E-state index in [1.807, 2.05) is 0 Å². The monoisotopic (exact) mass is 658 g/mol. The summed E-state index contributed by atoms with van der Waals surface area (Å²) < 4.78 is 32.4. The van der Waals surface area contributed by atoms with Crippen LogP contribution < -0.4 is 0 Å². The Balaban J connectivity index is 1.54. The van der Waals surface area contributed by atoms with Crippen LogP contribution in [0.25, 0.3) is 0 Å². The van der Waals surface area contributed by atoms with Crippen LogP contribution in [0.3, 0.4) is 0 Å². The summed E-state index contributed by atoms with van der Waals surface area (Å²) in [7, 11) is 0. The van der Waals surface area contributed by atoms with E-state index in [1.165, 1.54) is 6.42 Å². The SMILES string of the molecule is CCCCCCCCCC(=O)OC[C@H]1O[C@H](OC[C@H]2O[C@H](O[C@]3(CO)O[C@H](CO)[C@@H](O)[C@@H]3O)[C@H](O)[C@@H](O)[C@@H]2O)[C@H](O)[C@@H](O)[C@H]1O. The standard InChI is InChI=1S/C28H50O17/c1-2-3-4-5-6-7-8-9-17(31)40-11-15-18(32)21(35)23(37)26(42-15)41-12-16-19(33)22(36)24(38)27(43-16)45-28(13-30)25(39)20(34)14(10-29)44-28/h14-16,18-27,29-30,32-39H,2-13H2,1H3/t14-,15-,16-,18+,19-,20-,21+,22+,23-,24-,25+,26+,27-,28+/m1/s1. The maximum Gasteiger partial charge on any atom is 0.305 e. The van der Waals surface area contributed by atoms with Crippen LogP contribution in [0.2, 0.25) is 0 Å². The van der Waals surface area contributed by atoms with E-state index in [2.05, 4.69) is 6.92 Å². The lowest BCUT2D eigenvalue weighted by atomic mass is 9.98. The summed E-state index contributed by atoms with van der Waals surface area (Å²) in [5.74, 6) is -2.90. The van der Waals surface area contributed by atoms with E-state index >= 15 is 0 Å². The Kier molecular flexibility index (Phi) is 15.2. The van der Waals surface area contributed by atoms with Crippen molar-refractivity contribution < 1.29 is 84.3 Å². The highest BCUT2D eigenvalue weighted by Gasteiger charge is 2.58. The molecule has 0 bridgehead atoms. The molecular formula is C28H50O17. The molecule has 3 fully saturated rings. The molecule has 14 atom stereocenters. The van der Waals surface area contributed by atoms with Crippen LogP contribution in [0.1, 0.15) is 58.3 Å². The molecule has 264 valence electrons. The number of hydrogen-bond acceptors (Lipinski definition) is 17. The molecule has 3 aliphatic heterocycles. The van der Waals surface area contributed by atoms with Gasteiger partial charge in [0, 0.05) is 6.42 Å². The van der Waals surface area contributed by atoms with Gasteiger partial charge in [0.15, 0.2) is 12.6 Å². The van der Waals surface area contributed by atoms with E-state index in [1.54, 1.807) is 0 Å². The van der Waals surface area contributed by atoms with Gasteiger partial charge in [-0.3, -0.25) is 4.79 Å². The highest BCUT2D eigenvalue weighted by atomic mass is 16.8. The first kappa shape index (κ1) is 38.3. The predicted octanol–water partition coefficient (Wildman–Crippen LogP) is -3.88. The summed E-state index contributed by atoms with van der Waals surface area (Å²) in [5.41, 5.74) is 0. The van der Waals surface area contributed by atoms with E-state index < -0.39 is 118 Å². The lowest BCUT2D eigenvalue weighted by Gasteiger charge is -2.44. The van der Waals surface area contributed by atoms with Crippen molar-refractivity contribution >= 4 is 5.97 Å². The summed E-state index contributed by atoms with van der Waals surface area (Å²) in [6.07, 6.45) is -14.9. The molecule has 0 unspecified atom stereocenters. The van der Waals surface area contributed by atoms with Crippen molar-refractivity contribution in [2.45, 2.75) is 144 Å². The smallest absolute Gasteiger partial charge is 0.305 e. The number of ether oxygens (including phenoxy) is 6. The molecule has 45 heavy (non-hydrogen) atoms. The molecule has 0 aliphatic carbocycles. The lowest BCUT2D eigenvalue weighted by molar-refractivity contribution is -0.388. The molecule has 17 heteroatoms. The van der Waals surface area contributed by atoms with E-state index in [4.69, 9.17) is 28.4 Å². The minimum atomic E-state index is -2.38. The zero-order valence-electron chi connectivity index (χ0n) is 25.3. The van der Waals surface area contributed by atoms with Crippen LogP contribution in [0, 0.1) is 0 Å². The summed E-state index contributed by atoms with van der Waals surface area (Å²) in [6, 6.07) is 0. The molecule has 10 N–H and O–H groups in total. The minimum absolute atomic E-state index is 0.162. The second-order valence-corrected chi connectivity index (χ2v) is 11.8. The van der Waals surface area contributed by atoms with E-state index in [0.717, 1.165) is 32.1 Å². The molecule has 3 rings (SSSR count). The lowest BCUT2D eigenvalue weighted by Crippen LogP contribution is -2.63. The molecule has 3 aliphatic rings. The van der Waals surface area contributed by atoms with Crippen molar-refractivity contribution in [3.63, 3.8) is 0 Å². The van der Waals surface area contributed by atoms with Crippen molar-refractivity contribution in [2.75, 3.05) is 26.4 Å². The normalized spacial score (nSPS) is 42.2. The van der Waals surface area contributed by atoms with Crippen molar-refractivity contribution in [2.24, 2.45) is 0 Å². The first-order valence-corrected chi connectivity index (χ1v) is 15.5. The van der Waals surface area contributed by atoms with Crippen LogP contribution in [0.15, 0.2) is 0 Å². The third-order valence-corrected chi connectivity index (χ3v) is 8.38. The van der Waals surface area contributed by atoms with Crippen LogP contribution in [0.5, 0.6) is 0 Å². The van der Waals surface area contributed by atoms with Gasteiger partial charge in [-0.1, -0.05) is 45.4 Å². The number of aliphatic hydroxyl groups is 10. The average molecular weight is 659 g/mol. The average Bonchev–Trinajstić information content (AvgIpc) is 3.28. The largest absolute Gasteiger partial charge is 0.463 e. The van der Waals surface area contributed by atoms with Crippen LogP contribution in [0.4, 0.5) is 0 Å². The molecular weight excluding hydrogens is 608 g/mol.